The van der Waals surface area contributed by atoms with E-state index < -0.39 is 18.1 Å². The summed E-state index contributed by atoms with van der Waals surface area (Å²) in [6.07, 6.45) is 36.2. The van der Waals surface area contributed by atoms with Crippen molar-refractivity contribution >= 4 is 17.9 Å². The summed E-state index contributed by atoms with van der Waals surface area (Å²) < 4.78 is 17.1. The molecule has 0 rings (SSSR count). The molecule has 0 N–H and O–H groups in total. The molecule has 0 aromatic rings. The van der Waals surface area contributed by atoms with Crippen LogP contribution in [0.3, 0.4) is 0 Å². The quantitative estimate of drug-likeness (QED) is 0.0273. The molecular formula is C43H79NO7. The van der Waals surface area contributed by atoms with E-state index in [1.807, 2.05) is 0 Å². The Balaban J connectivity index is 4.40. The SMILES string of the molecule is CCCCC/C=C\CCCCCCCC(=O)OCC(COCCC(C(=O)[O-])[N+](C)(C)C)OC(=O)CCCCCCC/C=C\CCCCCCCC. The van der Waals surface area contributed by atoms with Crippen LogP contribution in [0.5, 0.6) is 0 Å². The molecular weight excluding hydrogens is 642 g/mol. The Morgan fingerprint density at radius 2 is 0.980 bits per heavy atom. The molecule has 0 aliphatic heterocycles. The first-order chi connectivity index (χ1) is 24.6. The molecule has 8 nitrogen and oxygen atoms in total. The molecule has 2 unspecified atom stereocenters. The summed E-state index contributed by atoms with van der Waals surface area (Å²) in [5, 5.41) is 11.6. The summed E-state index contributed by atoms with van der Waals surface area (Å²) in [6, 6.07) is -0.725. The van der Waals surface area contributed by atoms with Crippen LogP contribution in [0, 0.1) is 0 Å². The number of unbranched alkanes of at least 4 members (excludes halogenated alkanes) is 19. The molecule has 0 spiro atoms. The van der Waals surface area contributed by atoms with Gasteiger partial charge in [-0.1, -0.05) is 122 Å². The molecule has 298 valence electrons. The van der Waals surface area contributed by atoms with Gasteiger partial charge in [-0.15, -0.1) is 0 Å². The molecule has 8 heteroatoms. The van der Waals surface area contributed by atoms with E-state index in [1.165, 1.54) is 83.5 Å². The predicted octanol–water partition coefficient (Wildman–Crippen LogP) is 9.58. The lowest BCUT2D eigenvalue weighted by atomic mass is 10.1. The van der Waals surface area contributed by atoms with E-state index in [4.69, 9.17) is 14.2 Å². The van der Waals surface area contributed by atoms with Gasteiger partial charge in [0.15, 0.2) is 6.10 Å². The van der Waals surface area contributed by atoms with E-state index in [2.05, 4.69) is 38.2 Å². The number of ether oxygens (including phenoxy) is 3. The van der Waals surface area contributed by atoms with E-state index in [-0.39, 0.29) is 42.7 Å². The lowest BCUT2D eigenvalue weighted by molar-refractivity contribution is -0.889. The minimum atomic E-state index is -1.13. The van der Waals surface area contributed by atoms with Crippen LogP contribution in [0.25, 0.3) is 0 Å². The van der Waals surface area contributed by atoms with Gasteiger partial charge in [0, 0.05) is 19.3 Å². The molecule has 0 aromatic heterocycles. The topological polar surface area (TPSA) is 102 Å². The number of carboxylic acid groups (broad SMARTS) is 1. The summed E-state index contributed by atoms with van der Waals surface area (Å²) in [5.41, 5.74) is 0. The minimum Gasteiger partial charge on any atom is -0.544 e. The molecule has 0 saturated carbocycles. The molecule has 0 saturated heterocycles. The molecule has 2 atom stereocenters. The van der Waals surface area contributed by atoms with Gasteiger partial charge in [0.1, 0.15) is 12.6 Å². The van der Waals surface area contributed by atoms with Gasteiger partial charge in [0.05, 0.1) is 40.3 Å². The Morgan fingerprint density at radius 1 is 0.569 bits per heavy atom. The van der Waals surface area contributed by atoms with Crippen LogP contribution >= 0.6 is 0 Å². The summed E-state index contributed by atoms with van der Waals surface area (Å²) in [4.78, 5) is 36.7. The van der Waals surface area contributed by atoms with Gasteiger partial charge in [-0.2, -0.15) is 0 Å². The number of likely N-dealkylation sites (N-methyl/N-ethyl adjacent to an activating group) is 1. The molecule has 0 radical (unpaired) electrons. The highest BCUT2D eigenvalue weighted by Crippen LogP contribution is 2.13. The van der Waals surface area contributed by atoms with Gasteiger partial charge >= 0.3 is 11.9 Å². The third-order valence-electron chi connectivity index (χ3n) is 9.31. The number of aliphatic carboxylic acids is 1. The number of rotatable bonds is 37. The average Bonchev–Trinajstić information content (AvgIpc) is 3.08. The number of hydrogen-bond donors (Lipinski definition) is 0. The van der Waals surface area contributed by atoms with Crippen molar-refractivity contribution in [2.45, 2.75) is 193 Å². The number of nitrogens with zero attached hydrogens (tertiary/aromatic N) is 1. The average molecular weight is 722 g/mol. The van der Waals surface area contributed by atoms with Crippen molar-refractivity contribution in [3.63, 3.8) is 0 Å². The van der Waals surface area contributed by atoms with Crippen LogP contribution in [0.4, 0.5) is 0 Å². The molecule has 0 bridgehead atoms. The summed E-state index contributed by atoms with van der Waals surface area (Å²) in [6.45, 7) is 4.61. The van der Waals surface area contributed by atoms with Crippen molar-refractivity contribution in [3.8, 4) is 0 Å². The standard InChI is InChI=1S/C43H79NO7/c1-6-8-10-12-14-16-18-20-21-22-24-26-28-30-32-34-42(46)51-39(37-49-36-35-40(43(47)48)44(3,4)5)38-50-41(45)33-31-29-27-25-23-19-17-15-13-11-9-7-2/h15,17,20-21,39-40H,6-14,16,18-19,22-38H2,1-5H3/b17-15-,21-20-. The lowest BCUT2D eigenvalue weighted by Crippen LogP contribution is -2.55. The fraction of sp³-hybridized carbons (Fsp3) is 0.837. The first-order valence-corrected chi connectivity index (χ1v) is 20.9. The molecule has 0 aromatic carbocycles. The Labute approximate surface area is 313 Å². The van der Waals surface area contributed by atoms with Gasteiger partial charge in [-0.3, -0.25) is 9.59 Å². The lowest BCUT2D eigenvalue weighted by Gasteiger charge is -2.34. The first-order valence-electron chi connectivity index (χ1n) is 20.9. The minimum absolute atomic E-state index is 0.0371. The van der Waals surface area contributed by atoms with Crippen LogP contribution in [-0.2, 0) is 28.6 Å². The van der Waals surface area contributed by atoms with Gasteiger partial charge in [-0.25, -0.2) is 0 Å². The number of esters is 2. The Morgan fingerprint density at radius 3 is 1.45 bits per heavy atom. The van der Waals surface area contributed by atoms with E-state index in [1.54, 1.807) is 21.1 Å². The second-order valence-corrected chi connectivity index (χ2v) is 15.2. The van der Waals surface area contributed by atoms with Crippen molar-refractivity contribution in [1.82, 2.24) is 0 Å². The molecule has 0 aliphatic carbocycles. The molecule has 0 aliphatic rings. The Bertz CT molecular complexity index is 895. The molecule has 0 heterocycles. The van der Waals surface area contributed by atoms with E-state index in [0.717, 1.165) is 64.2 Å². The van der Waals surface area contributed by atoms with Crippen LogP contribution in [-0.4, -0.2) is 75.5 Å². The Kier molecular flexibility index (Phi) is 33.4. The van der Waals surface area contributed by atoms with E-state index in [0.29, 0.717) is 12.8 Å². The number of carbonyl (C=O) groups excluding carboxylic acids is 3. The van der Waals surface area contributed by atoms with Crippen LogP contribution < -0.4 is 5.11 Å². The second kappa shape index (κ2) is 34.9. The van der Waals surface area contributed by atoms with Gasteiger partial charge in [0.25, 0.3) is 0 Å². The van der Waals surface area contributed by atoms with Gasteiger partial charge < -0.3 is 28.6 Å². The zero-order chi connectivity index (χ0) is 37.8. The van der Waals surface area contributed by atoms with Crippen LogP contribution in [0.15, 0.2) is 24.3 Å². The maximum Gasteiger partial charge on any atom is 0.306 e. The smallest absolute Gasteiger partial charge is 0.306 e. The van der Waals surface area contributed by atoms with Gasteiger partial charge in [-0.05, 0) is 64.2 Å². The van der Waals surface area contributed by atoms with Crippen molar-refractivity contribution in [1.29, 1.82) is 0 Å². The van der Waals surface area contributed by atoms with Gasteiger partial charge in [0.2, 0.25) is 0 Å². The first kappa shape index (κ1) is 48.8. The van der Waals surface area contributed by atoms with E-state index in [9.17, 15) is 19.5 Å². The Hall–Kier alpha value is -2.19. The van der Waals surface area contributed by atoms with E-state index >= 15 is 0 Å². The maximum atomic E-state index is 12.7. The van der Waals surface area contributed by atoms with Crippen molar-refractivity contribution < 1.29 is 38.2 Å². The maximum absolute atomic E-state index is 12.7. The zero-order valence-corrected chi connectivity index (χ0v) is 33.8. The number of carboxylic acids is 1. The summed E-state index contributed by atoms with van der Waals surface area (Å²) >= 11 is 0. The monoisotopic (exact) mass is 722 g/mol. The third-order valence-corrected chi connectivity index (χ3v) is 9.31. The zero-order valence-electron chi connectivity index (χ0n) is 33.8. The van der Waals surface area contributed by atoms with Crippen molar-refractivity contribution in [2.75, 3.05) is 41.0 Å². The highest BCUT2D eigenvalue weighted by atomic mass is 16.6. The highest BCUT2D eigenvalue weighted by Gasteiger charge is 2.25. The molecule has 0 amide bonds. The highest BCUT2D eigenvalue weighted by molar-refractivity contribution is 5.70. The van der Waals surface area contributed by atoms with Crippen molar-refractivity contribution in [3.05, 3.63) is 24.3 Å². The summed E-state index contributed by atoms with van der Waals surface area (Å²) in [5.74, 6) is -1.75. The largest absolute Gasteiger partial charge is 0.544 e. The summed E-state index contributed by atoms with van der Waals surface area (Å²) in [7, 11) is 5.40. The normalized spacial score (nSPS) is 13.2. The molecule has 0 fully saturated rings. The third kappa shape index (κ3) is 33.4. The second-order valence-electron chi connectivity index (χ2n) is 15.2. The van der Waals surface area contributed by atoms with Crippen molar-refractivity contribution in [2.24, 2.45) is 0 Å². The van der Waals surface area contributed by atoms with Crippen LogP contribution in [0.2, 0.25) is 0 Å². The number of quaternary nitrogens is 1. The fourth-order valence-electron chi connectivity index (χ4n) is 6.00. The number of carbonyl (C=O) groups is 3. The molecule has 51 heavy (non-hydrogen) atoms. The number of hydrogen-bond acceptors (Lipinski definition) is 7. The number of allylic oxidation sites excluding steroid dienone is 4. The van der Waals surface area contributed by atoms with Crippen LogP contribution in [0.1, 0.15) is 181 Å². The predicted molar refractivity (Wildman–Crippen MR) is 208 cm³/mol. The fourth-order valence-corrected chi connectivity index (χ4v) is 6.00.